The average molecular weight is 338 g/mol. The first kappa shape index (κ1) is 16.0. The van der Waals surface area contributed by atoms with E-state index in [1.807, 2.05) is 26.1 Å². The zero-order valence-corrected chi connectivity index (χ0v) is 14.5. The lowest BCUT2D eigenvalue weighted by atomic mass is 9.78. The molecule has 0 spiro atoms. The summed E-state index contributed by atoms with van der Waals surface area (Å²) in [7, 11) is 0. The van der Waals surface area contributed by atoms with E-state index in [9.17, 15) is 4.79 Å². The molecule has 2 aliphatic rings. The van der Waals surface area contributed by atoms with E-state index in [0.717, 1.165) is 34.6 Å². The van der Waals surface area contributed by atoms with Gasteiger partial charge in [-0.2, -0.15) is 0 Å². The van der Waals surface area contributed by atoms with Gasteiger partial charge in [0.05, 0.1) is 24.4 Å². The van der Waals surface area contributed by atoms with Crippen LogP contribution in [-0.4, -0.2) is 35.6 Å². The molecule has 0 saturated carbocycles. The summed E-state index contributed by atoms with van der Waals surface area (Å²) in [4.78, 5) is 23.6. The lowest BCUT2D eigenvalue weighted by Gasteiger charge is -2.40. The normalized spacial score (nSPS) is 22.5. The Morgan fingerprint density at radius 1 is 1.28 bits per heavy atom. The third kappa shape index (κ3) is 2.57. The van der Waals surface area contributed by atoms with Gasteiger partial charge < -0.3 is 10.5 Å². The van der Waals surface area contributed by atoms with Crippen LogP contribution in [-0.2, 0) is 9.53 Å². The minimum Gasteiger partial charge on any atom is -0.397 e. The van der Waals surface area contributed by atoms with Crippen molar-refractivity contribution >= 4 is 17.4 Å². The first-order chi connectivity index (χ1) is 12.1. The maximum atomic E-state index is 12.8. The topological polar surface area (TPSA) is 81.3 Å². The van der Waals surface area contributed by atoms with Crippen molar-refractivity contribution in [3.05, 3.63) is 35.8 Å². The van der Waals surface area contributed by atoms with Crippen LogP contribution in [0.25, 0.3) is 11.1 Å². The number of nitrogens with two attached hydrogens (primary N) is 1. The Morgan fingerprint density at radius 3 is 2.92 bits per heavy atom. The fraction of sp³-hybridized carbons (Fsp3) is 0.421. The van der Waals surface area contributed by atoms with E-state index in [4.69, 9.17) is 10.5 Å². The van der Waals surface area contributed by atoms with Crippen molar-refractivity contribution in [3.63, 3.8) is 0 Å². The second kappa shape index (κ2) is 6.11. The first-order valence-electron chi connectivity index (χ1n) is 8.71. The molecule has 1 saturated heterocycles. The van der Waals surface area contributed by atoms with E-state index in [2.05, 4.69) is 16.0 Å². The molecule has 2 aromatic rings. The summed E-state index contributed by atoms with van der Waals surface area (Å²) >= 11 is 0. The number of nitrogens with zero attached hydrogens (tertiary/aromatic N) is 3. The number of amides is 1. The number of hydrogen-bond donors (Lipinski definition) is 1. The van der Waals surface area contributed by atoms with Gasteiger partial charge in [-0.05, 0) is 38.0 Å². The molecule has 4 rings (SSSR count). The van der Waals surface area contributed by atoms with Crippen molar-refractivity contribution in [2.75, 3.05) is 30.4 Å². The summed E-state index contributed by atoms with van der Waals surface area (Å²) in [5, 5.41) is 0. The van der Waals surface area contributed by atoms with Crippen LogP contribution in [0, 0.1) is 12.8 Å². The smallest absolute Gasteiger partial charge is 0.234 e. The van der Waals surface area contributed by atoms with Crippen molar-refractivity contribution in [2.24, 2.45) is 5.92 Å². The lowest BCUT2D eigenvalue weighted by molar-refractivity contribution is -0.128. The maximum absolute atomic E-state index is 12.8. The number of carbonyl (C=O) groups excluding carboxylic acids is 1. The number of rotatable bonds is 2. The van der Waals surface area contributed by atoms with Gasteiger partial charge in [-0.1, -0.05) is 0 Å². The molecule has 0 aromatic carbocycles. The Labute approximate surface area is 147 Å². The highest BCUT2D eigenvalue weighted by molar-refractivity contribution is 5.98. The molecule has 1 amide bonds. The number of nitrogen functional groups attached to an aromatic ring is 1. The highest BCUT2D eigenvalue weighted by atomic mass is 16.5. The summed E-state index contributed by atoms with van der Waals surface area (Å²) in [5.74, 6) is 0.967. The van der Waals surface area contributed by atoms with E-state index in [1.165, 1.54) is 0 Å². The van der Waals surface area contributed by atoms with Gasteiger partial charge in [-0.15, -0.1) is 0 Å². The van der Waals surface area contributed by atoms with Gasteiger partial charge in [0.1, 0.15) is 5.82 Å². The van der Waals surface area contributed by atoms with E-state index in [1.54, 1.807) is 11.1 Å². The highest BCUT2D eigenvalue weighted by Gasteiger charge is 2.42. The molecule has 6 nitrogen and oxygen atoms in total. The summed E-state index contributed by atoms with van der Waals surface area (Å²) in [6, 6.07) is 4.09. The van der Waals surface area contributed by atoms with Crippen molar-refractivity contribution in [3.8, 4) is 11.1 Å². The second-order valence-electron chi connectivity index (χ2n) is 6.70. The summed E-state index contributed by atoms with van der Waals surface area (Å²) in [6.45, 7) is 5.73. The number of pyridine rings is 2. The third-order valence-corrected chi connectivity index (χ3v) is 5.23. The standard InChI is InChI=1S/C19H22N4O2/c1-3-23-18-16(14-4-5-25-10-17(14)19(23)24)6-12(8-22-18)15-7-13(20)9-21-11(15)2/h6-9,14,17H,3-5,10,20H2,1-2H3/t14-,17+/m1/s1. The molecule has 0 radical (unpaired) electrons. The van der Waals surface area contributed by atoms with Gasteiger partial charge in [0.15, 0.2) is 0 Å². The molecule has 0 bridgehead atoms. The van der Waals surface area contributed by atoms with Gasteiger partial charge in [-0.3, -0.25) is 14.7 Å². The summed E-state index contributed by atoms with van der Waals surface area (Å²) in [5.41, 5.74) is 10.6. The first-order valence-corrected chi connectivity index (χ1v) is 8.71. The molecular weight excluding hydrogens is 316 g/mol. The van der Waals surface area contributed by atoms with E-state index < -0.39 is 0 Å². The minimum atomic E-state index is -0.113. The Morgan fingerprint density at radius 2 is 2.12 bits per heavy atom. The molecule has 2 N–H and O–H groups in total. The Balaban J connectivity index is 1.86. The molecule has 0 unspecified atom stereocenters. The van der Waals surface area contributed by atoms with E-state index in [0.29, 0.717) is 25.4 Å². The molecule has 25 heavy (non-hydrogen) atoms. The number of aryl methyl sites for hydroxylation is 1. The van der Waals surface area contributed by atoms with Gasteiger partial charge in [0.25, 0.3) is 0 Å². The predicted octanol–water partition coefficient (Wildman–Crippen LogP) is 2.52. The van der Waals surface area contributed by atoms with Crippen molar-refractivity contribution in [1.82, 2.24) is 9.97 Å². The number of hydrogen-bond acceptors (Lipinski definition) is 5. The van der Waals surface area contributed by atoms with Crippen molar-refractivity contribution in [1.29, 1.82) is 0 Å². The quantitative estimate of drug-likeness (QED) is 0.910. The molecule has 4 heterocycles. The average Bonchev–Trinajstić information content (AvgIpc) is 2.64. The minimum absolute atomic E-state index is 0.113. The zero-order valence-electron chi connectivity index (χ0n) is 14.5. The molecule has 2 aromatic heterocycles. The molecule has 130 valence electrons. The Hall–Kier alpha value is -2.47. The molecule has 6 heteroatoms. The van der Waals surface area contributed by atoms with Crippen LogP contribution < -0.4 is 10.6 Å². The van der Waals surface area contributed by atoms with Crippen LogP contribution in [0.3, 0.4) is 0 Å². The van der Waals surface area contributed by atoms with Crippen LogP contribution in [0.4, 0.5) is 11.5 Å². The predicted molar refractivity (Wildman–Crippen MR) is 96.3 cm³/mol. The molecule has 1 fully saturated rings. The van der Waals surface area contributed by atoms with Gasteiger partial charge in [0, 0.05) is 42.1 Å². The number of aromatic nitrogens is 2. The van der Waals surface area contributed by atoms with Crippen LogP contribution in [0.2, 0.25) is 0 Å². The zero-order chi connectivity index (χ0) is 17.6. The molecule has 0 aliphatic carbocycles. The molecular formula is C19H22N4O2. The second-order valence-corrected chi connectivity index (χ2v) is 6.70. The van der Waals surface area contributed by atoms with Crippen molar-refractivity contribution < 1.29 is 9.53 Å². The van der Waals surface area contributed by atoms with Crippen molar-refractivity contribution in [2.45, 2.75) is 26.2 Å². The fourth-order valence-corrected chi connectivity index (χ4v) is 3.93. The third-order valence-electron chi connectivity index (χ3n) is 5.23. The SMILES string of the molecule is CCN1C(=O)[C@H]2COCC[C@@H]2c2cc(-c3cc(N)cnc3C)cnc21. The van der Waals surface area contributed by atoms with Crippen LogP contribution in [0.15, 0.2) is 24.5 Å². The molecule has 2 aliphatic heterocycles. The van der Waals surface area contributed by atoms with Gasteiger partial charge >= 0.3 is 0 Å². The van der Waals surface area contributed by atoms with E-state index in [-0.39, 0.29) is 17.7 Å². The number of ether oxygens (including phenoxy) is 1. The lowest BCUT2D eigenvalue weighted by Crippen LogP contribution is -2.47. The Bertz CT molecular complexity index is 836. The largest absolute Gasteiger partial charge is 0.397 e. The molecule has 2 atom stereocenters. The monoisotopic (exact) mass is 338 g/mol. The maximum Gasteiger partial charge on any atom is 0.234 e. The summed E-state index contributed by atoms with van der Waals surface area (Å²) < 4.78 is 5.57. The van der Waals surface area contributed by atoms with Gasteiger partial charge in [-0.25, -0.2) is 4.98 Å². The van der Waals surface area contributed by atoms with Crippen LogP contribution >= 0.6 is 0 Å². The fourth-order valence-electron chi connectivity index (χ4n) is 3.93. The highest BCUT2D eigenvalue weighted by Crippen LogP contribution is 2.43. The van der Waals surface area contributed by atoms with Gasteiger partial charge in [0.2, 0.25) is 5.91 Å². The summed E-state index contributed by atoms with van der Waals surface area (Å²) in [6.07, 6.45) is 4.33. The number of carbonyl (C=O) groups is 1. The van der Waals surface area contributed by atoms with E-state index >= 15 is 0 Å². The number of anilines is 2. The van der Waals surface area contributed by atoms with Crippen LogP contribution in [0.1, 0.15) is 30.5 Å². The Kier molecular flexibility index (Phi) is 3.92. The van der Waals surface area contributed by atoms with Crippen LogP contribution in [0.5, 0.6) is 0 Å². The number of fused-ring (bicyclic) bond motifs is 3.